The third-order valence-corrected chi connectivity index (χ3v) is 15.3. The monoisotopic (exact) mass is 909 g/mol. The van der Waals surface area contributed by atoms with Crippen LogP contribution in [-0.4, -0.2) is 102 Å². The Morgan fingerprint density at radius 2 is 1.52 bits per heavy atom. The van der Waals surface area contributed by atoms with Crippen LogP contribution in [0.5, 0.6) is 5.75 Å². The molecule has 8 rings (SSSR count). The van der Waals surface area contributed by atoms with E-state index in [1.807, 2.05) is 72.7 Å². The third-order valence-electron chi connectivity index (χ3n) is 15.3. The van der Waals surface area contributed by atoms with E-state index in [0.717, 1.165) is 5.56 Å². The molecule has 2 saturated heterocycles. The summed E-state index contributed by atoms with van der Waals surface area (Å²) in [6.07, 6.45) is -7.13. The number of methoxy groups -OCH3 is 1. The van der Waals surface area contributed by atoms with Gasteiger partial charge in [0, 0.05) is 47.6 Å². The van der Waals surface area contributed by atoms with Crippen LogP contribution < -0.4 is 10.1 Å². The maximum Gasteiger partial charge on any atom is 0.338 e. The minimum absolute atomic E-state index is 0.0280. The minimum Gasteiger partial charge on any atom is -0.497 e. The molecule has 3 aromatic carbocycles. The molecule has 0 aromatic heterocycles. The van der Waals surface area contributed by atoms with Crippen LogP contribution in [0, 0.1) is 28.6 Å². The van der Waals surface area contributed by atoms with Crippen molar-refractivity contribution in [1.29, 1.82) is 0 Å². The molecule has 13 atom stereocenters. The second kappa shape index (κ2) is 17.8. The fourth-order valence-corrected chi connectivity index (χ4v) is 12.2. The van der Waals surface area contributed by atoms with Crippen LogP contribution in [0.1, 0.15) is 107 Å². The molecule has 1 unspecified atom stereocenters. The molecular formula is C52H63NO13. The van der Waals surface area contributed by atoms with Gasteiger partial charge in [-0.2, -0.15) is 0 Å². The molecule has 14 heteroatoms. The fourth-order valence-electron chi connectivity index (χ4n) is 12.2. The Balaban J connectivity index is 1.27. The third kappa shape index (κ3) is 7.91. The van der Waals surface area contributed by atoms with E-state index in [9.17, 15) is 29.4 Å². The van der Waals surface area contributed by atoms with Gasteiger partial charge in [-0.25, -0.2) is 9.59 Å². The molecule has 0 radical (unpaired) electrons. The van der Waals surface area contributed by atoms with E-state index in [1.54, 1.807) is 67.8 Å². The molecular weight excluding hydrogens is 847 g/mol. The van der Waals surface area contributed by atoms with Crippen molar-refractivity contribution in [2.24, 2.45) is 28.6 Å². The summed E-state index contributed by atoms with van der Waals surface area (Å²) in [6.45, 7) is 14.7. The molecule has 3 aromatic rings. The first-order chi connectivity index (χ1) is 31.3. The highest BCUT2D eigenvalue weighted by Crippen LogP contribution is 2.68. The lowest BCUT2D eigenvalue weighted by Crippen LogP contribution is -2.83. The first-order valence-electron chi connectivity index (χ1n) is 23.0. The second-order valence-electron chi connectivity index (χ2n) is 20.0. The molecule has 3 aliphatic carbocycles. The molecule has 4 fully saturated rings. The topological polar surface area (TPSA) is 185 Å². The van der Waals surface area contributed by atoms with E-state index < -0.39 is 107 Å². The second-order valence-corrected chi connectivity index (χ2v) is 20.0. The number of hydrogen-bond donors (Lipinski definition) is 3. The first-order valence-corrected chi connectivity index (χ1v) is 23.0. The predicted octanol–water partition coefficient (Wildman–Crippen LogP) is 6.67. The van der Waals surface area contributed by atoms with Crippen LogP contribution >= 0.6 is 0 Å². The van der Waals surface area contributed by atoms with Gasteiger partial charge in [0.1, 0.15) is 29.7 Å². The van der Waals surface area contributed by atoms with Gasteiger partial charge in [-0.15, -0.1) is 0 Å². The van der Waals surface area contributed by atoms with Crippen molar-refractivity contribution < 1.29 is 62.5 Å². The van der Waals surface area contributed by atoms with Crippen molar-refractivity contribution in [2.75, 3.05) is 13.7 Å². The van der Waals surface area contributed by atoms with Crippen LogP contribution in [0.25, 0.3) is 0 Å². The van der Waals surface area contributed by atoms with Gasteiger partial charge < -0.3 is 48.7 Å². The maximum atomic E-state index is 14.6. The highest BCUT2D eigenvalue weighted by Gasteiger charge is 2.79. The molecule has 5 aliphatic rings. The quantitative estimate of drug-likeness (QED) is 0.0995. The van der Waals surface area contributed by atoms with E-state index in [1.165, 1.54) is 6.92 Å². The zero-order valence-electron chi connectivity index (χ0n) is 39.1. The van der Waals surface area contributed by atoms with Crippen molar-refractivity contribution >= 4 is 23.8 Å². The van der Waals surface area contributed by atoms with Crippen LogP contribution in [0.2, 0.25) is 0 Å². The van der Waals surface area contributed by atoms with Crippen molar-refractivity contribution in [3.63, 3.8) is 0 Å². The lowest BCUT2D eigenvalue weighted by molar-refractivity contribution is -0.411. The summed E-state index contributed by atoms with van der Waals surface area (Å²) in [7, 11) is 1.59. The number of benzene rings is 3. The smallest absolute Gasteiger partial charge is 0.338 e. The molecule has 3 N–H and O–H groups in total. The van der Waals surface area contributed by atoms with Gasteiger partial charge >= 0.3 is 17.9 Å². The normalized spacial score (nSPS) is 33.9. The SMILES string of the molecule is COc1ccc(C2O[C@H]3C[C@H]4OC[C@@]4(OC(C)=O)[C@H]4[C@H](OC(=O)c5ccccc5)[C@]5(O)C[C@H](OC(=O)[C@H](O)[C@H](CC(C)C)NC(=O)c6ccccc6)C(C)=C([C@H](C)[C@H](O2)[C@]34C)C5(C)C)cc1. The average molecular weight is 910 g/mol. The molecule has 2 bridgehead atoms. The number of fused-ring (bicyclic) bond motifs is 4. The molecule has 2 saturated carbocycles. The Kier molecular flexibility index (Phi) is 12.8. The number of carbonyl (C=O) groups is 4. The number of rotatable bonds is 12. The van der Waals surface area contributed by atoms with Gasteiger partial charge in [0.2, 0.25) is 0 Å². The highest BCUT2D eigenvalue weighted by atomic mass is 16.7. The van der Waals surface area contributed by atoms with E-state index in [-0.39, 0.29) is 30.9 Å². The molecule has 14 nitrogen and oxygen atoms in total. The number of aliphatic hydroxyl groups is 2. The average Bonchev–Trinajstić information content (AvgIpc) is 3.28. The van der Waals surface area contributed by atoms with Gasteiger partial charge in [0.25, 0.3) is 5.91 Å². The maximum absolute atomic E-state index is 14.6. The number of amides is 1. The summed E-state index contributed by atoms with van der Waals surface area (Å²) < 4.78 is 45.4. The van der Waals surface area contributed by atoms with E-state index >= 15 is 0 Å². The van der Waals surface area contributed by atoms with Gasteiger partial charge in [-0.3, -0.25) is 9.59 Å². The van der Waals surface area contributed by atoms with Crippen molar-refractivity contribution in [1.82, 2.24) is 5.32 Å². The highest BCUT2D eigenvalue weighted by molar-refractivity contribution is 5.94. The zero-order chi connectivity index (χ0) is 47.5. The molecule has 0 spiro atoms. The van der Waals surface area contributed by atoms with Crippen LogP contribution in [-0.2, 0) is 38.0 Å². The molecule has 66 heavy (non-hydrogen) atoms. The molecule has 2 aliphatic heterocycles. The number of hydrogen-bond acceptors (Lipinski definition) is 13. The van der Waals surface area contributed by atoms with Crippen molar-refractivity contribution in [3.05, 3.63) is 113 Å². The Morgan fingerprint density at radius 1 is 0.879 bits per heavy atom. The van der Waals surface area contributed by atoms with Crippen LogP contribution in [0.15, 0.2) is 96.1 Å². The zero-order valence-corrected chi connectivity index (χ0v) is 39.1. The standard InChI is InChI=1S/C52H63NO13/c1-28(2)24-36(53-45(56)32-16-12-10-13-17-32)41(55)47(58)62-37-26-52(59)44(64-46(57)33-18-14-11-15-19-33)42-50(8)38(25-39-51(42,27-61-39)66-31(5)54)63-48(34-20-22-35(60-9)23-21-34)65-43(50)30(4)40(29(37)3)49(52,6)7/h10-23,28,30,36-39,41-44,48,55,59H,24-27H2,1-9H3,(H,53,56)/t30-,36-,37-,38-,39+,41+,42-,43-,44-,48?,50+,51-,52+/m0/s1. The lowest BCUT2D eigenvalue weighted by Gasteiger charge is -2.71. The van der Waals surface area contributed by atoms with Gasteiger partial charge in [0.05, 0.1) is 43.4 Å². The van der Waals surface area contributed by atoms with Crippen LogP contribution in [0.4, 0.5) is 0 Å². The van der Waals surface area contributed by atoms with Gasteiger partial charge in [-0.1, -0.05) is 95.6 Å². The Bertz CT molecular complexity index is 2330. The fraction of sp³-hybridized carbons (Fsp3) is 0.538. The Hall–Kier alpha value is -5.12. The Morgan fingerprint density at radius 3 is 2.09 bits per heavy atom. The van der Waals surface area contributed by atoms with Crippen molar-refractivity contribution in [2.45, 2.75) is 135 Å². The summed E-state index contributed by atoms with van der Waals surface area (Å²) >= 11 is 0. The summed E-state index contributed by atoms with van der Waals surface area (Å²) in [5.74, 6) is -3.70. The summed E-state index contributed by atoms with van der Waals surface area (Å²) in [4.78, 5) is 55.7. The lowest BCUT2D eigenvalue weighted by atomic mass is 9.43. The number of carbonyl (C=O) groups excluding carboxylic acids is 4. The summed E-state index contributed by atoms with van der Waals surface area (Å²) in [5, 5.41) is 28.6. The summed E-state index contributed by atoms with van der Waals surface area (Å²) in [6, 6.07) is 23.3. The summed E-state index contributed by atoms with van der Waals surface area (Å²) in [5.41, 5.74) is -3.18. The van der Waals surface area contributed by atoms with E-state index in [2.05, 4.69) is 5.32 Å². The van der Waals surface area contributed by atoms with Gasteiger partial charge in [-0.05, 0) is 61.2 Å². The van der Waals surface area contributed by atoms with Crippen molar-refractivity contribution in [3.8, 4) is 5.75 Å². The van der Waals surface area contributed by atoms with E-state index in [4.69, 9.17) is 33.2 Å². The van der Waals surface area contributed by atoms with Crippen LogP contribution in [0.3, 0.4) is 0 Å². The molecule has 2 heterocycles. The Labute approximate surface area is 386 Å². The number of aliphatic hydroxyl groups excluding tert-OH is 1. The number of esters is 3. The number of nitrogens with one attached hydrogen (secondary N) is 1. The number of ether oxygens (including phenoxy) is 7. The first kappa shape index (κ1) is 47.4. The predicted molar refractivity (Wildman–Crippen MR) is 240 cm³/mol. The largest absolute Gasteiger partial charge is 0.497 e. The molecule has 1 amide bonds. The van der Waals surface area contributed by atoms with E-state index in [0.29, 0.717) is 28.9 Å². The van der Waals surface area contributed by atoms with Gasteiger partial charge in [0.15, 0.2) is 18.0 Å². The molecule has 354 valence electrons. The minimum atomic E-state index is -2.05.